The summed E-state index contributed by atoms with van der Waals surface area (Å²) in [5.41, 5.74) is 0.127. The molecule has 0 aliphatic carbocycles. The van der Waals surface area contributed by atoms with Gasteiger partial charge in [0, 0.05) is 18.4 Å². The fourth-order valence-electron chi connectivity index (χ4n) is 2.44. The van der Waals surface area contributed by atoms with Gasteiger partial charge in [-0.15, -0.1) is 0 Å². The monoisotopic (exact) mass is 224 g/mol. The quantitative estimate of drug-likeness (QED) is 0.730. The van der Waals surface area contributed by atoms with E-state index >= 15 is 0 Å². The predicted molar refractivity (Wildman–Crippen MR) is 54.8 cm³/mol. The molecule has 2 aliphatic heterocycles. The van der Waals surface area contributed by atoms with Crippen molar-refractivity contribution in [2.75, 3.05) is 13.2 Å². The first-order valence-electron chi connectivity index (χ1n) is 5.43. The lowest BCUT2D eigenvalue weighted by molar-refractivity contribution is -0.0196. The average molecular weight is 224 g/mol. The van der Waals surface area contributed by atoms with Gasteiger partial charge >= 0.3 is 0 Å². The zero-order chi connectivity index (χ0) is 11.2. The fraction of sp³-hybridized carbons (Fsp3) is 0.500. The minimum atomic E-state index is -0.666. The van der Waals surface area contributed by atoms with Crippen LogP contribution in [-0.2, 0) is 4.74 Å². The first kappa shape index (κ1) is 10.1. The Hall–Kier alpha value is -1.13. The predicted octanol–water partition coefficient (Wildman–Crippen LogP) is 1.80. The van der Waals surface area contributed by atoms with E-state index < -0.39 is 11.7 Å². The van der Waals surface area contributed by atoms with Gasteiger partial charge in [0.05, 0.1) is 19.3 Å². The molecule has 0 bridgehead atoms. The molecule has 2 heterocycles. The van der Waals surface area contributed by atoms with Crippen LogP contribution < -0.4 is 4.74 Å². The Balaban J connectivity index is 1.99. The number of fused-ring (bicyclic) bond motifs is 1. The molecule has 2 atom stereocenters. The second kappa shape index (κ2) is 3.43. The van der Waals surface area contributed by atoms with E-state index in [2.05, 4.69) is 0 Å². The van der Waals surface area contributed by atoms with Crippen LogP contribution in [-0.4, -0.2) is 23.9 Å². The van der Waals surface area contributed by atoms with Crippen LogP contribution in [0.1, 0.15) is 24.5 Å². The highest BCUT2D eigenvalue weighted by Gasteiger charge is 2.43. The highest BCUT2D eigenvalue weighted by molar-refractivity contribution is 5.38. The average Bonchev–Trinajstić information content (AvgIpc) is 2.68. The third-order valence-corrected chi connectivity index (χ3v) is 3.29. The molecule has 0 amide bonds. The van der Waals surface area contributed by atoms with Gasteiger partial charge in [0.25, 0.3) is 0 Å². The minimum absolute atomic E-state index is 0.347. The van der Waals surface area contributed by atoms with Gasteiger partial charge in [-0.05, 0) is 18.2 Å². The van der Waals surface area contributed by atoms with Crippen LogP contribution in [0.2, 0.25) is 0 Å². The van der Waals surface area contributed by atoms with E-state index in [0.717, 1.165) is 6.42 Å². The van der Waals surface area contributed by atoms with Gasteiger partial charge in [0.2, 0.25) is 0 Å². The summed E-state index contributed by atoms with van der Waals surface area (Å²) >= 11 is 0. The Bertz CT molecular complexity index is 413. The summed E-state index contributed by atoms with van der Waals surface area (Å²) < 4.78 is 24.2. The van der Waals surface area contributed by atoms with Crippen LogP contribution in [0.3, 0.4) is 0 Å². The van der Waals surface area contributed by atoms with E-state index in [1.807, 2.05) is 0 Å². The Morgan fingerprint density at radius 3 is 3.06 bits per heavy atom. The smallest absolute Gasteiger partial charge is 0.137 e. The first-order valence-corrected chi connectivity index (χ1v) is 5.43. The summed E-state index contributed by atoms with van der Waals surface area (Å²) in [5.74, 6) is 0.227. The van der Waals surface area contributed by atoms with Crippen LogP contribution in [0.4, 0.5) is 4.39 Å². The van der Waals surface area contributed by atoms with Gasteiger partial charge in [-0.3, -0.25) is 0 Å². The summed E-state index contributed by atoms with van der Waals surface area (Å²) in [4.78, 5) is 0. The minimum Gasteiger partial charge on any atom is -0.484 e. The zero-order valence-electron chi connectivity index (χ0n) is 8.78. The second-order valence-corrected chi connectivity index (χ2v) is 4.49. The Labute approximate surface area is 92.8 Å². The summed E-state index contributed by atoms with van der Waals surface area (Å²) in [6.45, 7) is 1.16. The van der Waals surface area contributed by atoms with Crippen LogP contribution in [0.5, 0.6) is 5.75 Å². The van der Waals surface area contributed by atoms with Crippen molar-refractivity contribution in [2.24, 2.45) is 0 Å². The van der Waals surface area contributed by atoms with E-state index in [0.29, 0.717) is 30.9 Å². The topological polar surface area (TPSA) is 38.7 Å². The Morgan fingerprint density at radius 2 is 2.31 bits per heavy atom. The lowest BCUT2D eigenvalue weighted by atomic mass is 9.88. The maximum atomic E-state index is 13.0. The summed E-state index contributed by atoms with van der Waals surface area (Å²) in [6.07, 6.45) is 0.589. The van der Waals surface area contributed by atoms with E-state index in [9.17, 15) is 9.50 Å². The normalized spacial score (nSPS) is 32.5. The molecule has 16 heavy (non-hydrogen) atoms. The molecule has 1 aromatic rings. The molecule has 2 unspecified atom stereocenters. The molecular formula is C12H13FO3. The fourth-order valence-corrected chi connectivity index (χ4v) is 2.44. The summed E-state index contributed by atoms with van der Waals surface area (Å²) in [7, 11) is 0. The van der Waals surface area contributed by atoms with Crippen molar-refractivity contribution < 1.29 is 19.0 Å². The van der Waals surface area contributed by atoms with Gasteiger partial charge in [0.15, 0.2) is 0 Å². The van der Waals surface area contributed by atoms with Crippen molar-refractivity contribution >= 4 is 0 Å². The van der Waals surface area contributed by atoms with Gasteiger partial charge in [-0.1, -0.05) is 0 Å². The summed E-state index contributed by atoms with van der Waals surface area (Å²) in [5, 5.41) is 10.0. The van der Waals surface area contributed by atoms with Gasteiger partial charge in [0.1, 0.15) is 17.2 Å². The molecule has 1 aromatic carbocycles. The number of benzene rings is 1. The second-order valence-electron chi connectivity index (χ2n) is 4.49. The summed E-state index contributed by atoms with van der Waals surface area (Å²) in [6, 6.07) is 4.26. The number of hydrogen-bond acceptors (Lipinski definition) is 3. The largest absolute Gasteiger partial charge is 0.484 e. The number of rotatable bonds is 0. The highest BCUT2D eigenvalue weighted by Crippen LogP contribution is 2.43. The molecule has 1 spiro atoms. The number of hydrogen-bond donors (Lipinski definition) is 1. The number of halogens is 1. The van der Waals surface area contributed by atoms with Gasteiger partial charge in [-0.25, -0.2) is 4.39 Å². The van der Waals surface area contributed by atoms with Crippen LogP contribution in [0, 0.1) is 5.82 Å². The maximum Gasteiger partial charge on any atom is 0.137 e. The molecular weight excluding hydrogens is 211 g/mol. The van der Waals surface area contributed by atoms with Gasteiger partial charge < -0.3 is 14.6 Å². The van der Waals surface area contributed by atoms with Crippen LogP contribution in [0.15, 0.2) is 18.2 Å². The van der Waals surface area contributed by atoms with Crippen molar-refractivity contribution in [2.45, 2.75) is 24.5 Å². The van der Waals surface area contributed by atoms with Gasteiger partial charge in [-0.2, -0.15) is 0 Å². The standard InChI is InChI=1S/C12H13FO3/c13-8-1-2-11-9(5-8)10(14)6-12(16-11)3-4-15-7-12/h1-2,5,10,14H,3-4,6-7H2. The van der Waals surface area contributed by atoms with E-state index in [1.54, 1.807) is 6.07 Å². The van der Waals surface area contributed by atoms with Crippen molar-refractivity contribution in [3.63, 3.8) is 0 Å². The van der Waals surface area contributed by atoms with E-state index in [4.69, 9.17) is 9.47 Å². The third kappa shape index (κ3) is 1.49. The van der Waals surface area contributed by atoms with Crippen LogP contribution >= 0.6 is 0 Å². The molecule has 0 saturated carbocycles. The van der Waals surface area contributed by atoms with Crippen molar-refractivity contribution in [3.8, 4) is 5.75 Å². The molecule has 1 saturated heterocycles. The van der Waals surface area contributed by atoms with Crippen LogP contribution in [0.25, 0.3) is 0 Å². The molecule has 0 aromatic heterocycles. The zero-order valence-corrected chi connectivity index (χ0v) is 8.78. The molecule has 3 nitrogen and oxygen atoms in total. The SMILES string of the molecule is OC1CC2(CCOC2)Oc2ccc(F)cc21. The number of ether oxygens (including phenoxy) is 2. The molecule has 86 valence electrons. The lowest BCUT2D eigenvalue weighted by Crippen LogP contribution is -2.41. The molecule has 4 heteroatoms. The molecule has 1 fully saturated rings. The molecule has 3 rings (SSSR count). The highest BCUT2D eigenvalue weighted by atomic mass is 19.1. The van der Waals surface area contributed by atoms with E-state index in [-0.39, 0.29) is 5.82 Å². The van der Waals surface area contributed by atoms with Crippen molar-refractivity contribution in [3.05, 3.63) is 29.6 Å². The van der Waals surface area contributed by atoms with Crippen molar-refractivity contribution in [1.29, 1.82) is 0 Å². The number of aliphatic hydroxyl groups is 1. The Morgan fingerprint density at radius 1 is 1.44 bits per heavy atom. The third-order valence-electron chi connectivity index (χ3n) is 3.29. The van der Waals surface area contributed by atoms with E-state index in [1.165, 1.54) is 12.1 Å². The molecule has 0 radical (unpaired) electrons. The molecule has 2 aliphatic rings. The molecule has 1 N–H and O–H groups in total. The Kier molecular flexibility index (Phi) is 2.16. The van der Waals surface area contributed by atoms with Crippen molar-refractivity contribution in [1.82, 2.24) is 0 Å². The number of aliphatic hydroxyl groups excluding tert-OH is 1. The lowest BCUT2D eigenvalue weighted by Gasteiger charge is -2.36. The maximum absolute atomic E-state index is 13.0. The first-order chi connectivity index (χ1) is 7.69.